The molecule has 0 aromatic rings. The van der Waals surface area contributed by atoms with Gasteiger partial charge in [-0.2, -0.15) is 0 Å². The molecule has 0 saturated carbocycles. The van der Waals surface area contributed by atoms with Crippen LogP contribution < -0.4 is 0 Å². The monoisotopic (exact) mass is 219 g/mol. The van der Waals surface area contributed by atoms with Crippen LogP contribution in [-0.2, 0) is 32.7 Å². The number of rotatable bonds is 3. The van der Waals surface area contributed by atoms with E-state index in [-0.39, 0.29) is 32.7 Å². The smallest absolute Gasteiger partial charge is 0 e. The van der Waals surface area contributed by atoms with E-state index < -0.39 is 0 Å². The predicted molar refractivity (Wildman–Crippen MR) is 41.4 cm³/mol. The van der Waals surface area contributed by atoms with Gasteiger partial charge in [-0.05, 0) is 0 Å². The third kappa shape index (κ3) is 12.2. The minimum absolute atomic E-state index is 0. The molecule has 9 heavy (non-hydrogen) atoms. The van der Waals surface area contributed by atoms with Crippen molar-refractivity contribution in [1.29, 1.82) is 0 Å². The Hall–Kier alpha value is 0.994. The SMILES string of the molecule is CCCC[N-]C(C)=S.[Y]. The fourth-order valence-electron chi connectivity index (χ4n) is 0.395. The molecular formula is C6H12NSY-. The largest absolute Gasteiger partial charge is 0.679 e. The second-order valence-corrected chi connectivity index (χ2v) is 2.35. The Balaban J connectivity index is 0. The Morgan fingerprint density at radius 1 is 1.56 bits per heavy atom. The summed E-state index contributed by atoms with van der Waals surface area (Å²) in [4.78, 5) is 0.776. The molecule has 0 unspecified atom stereocenters. The summed E-state index contributed by atoms with van der Waals surface area (Å²) in [6.45, 7) is 4.91. The average Bonchev–Trinajstić information content (AvgIpc) is 1.66. The maximum atomic E-state index is 4.74. The molecular weight excluding hydrogens is 207 g/mol. The molecule has 0 saturated heterocycles. The number of nitrogens with zero attached hydrogens (tertiary/aromatic N) is 1. The van der Waals surface area contributed by atoms with E-state index >= 15 is 0 Å². The molecule has 0 fully saturated rings. The molecule has 0 aliphatic rings. The summed E-state index contributed by atoms with van der Waals surface area (Å²) in [5.41, 5.74) is 0. The van der Waals surface area contributed by atoms with Crippen molar-refractivity contribution in [3.05, 3.63) is 5.32 Å². The summed E-state index contributed by atoms with van der Waals surface area (Å²) in [6, 6.07) is 0. The minimum atomic E-state index is 0. The molecule has 1 radical (unpaired) electrons. The Labute approximate surface area is 87.9 Å². The third-order valence-corrected chi connectivity index (χ3v) is 0.975. The van der Waals surface area contributed by atoms with Crippen molar-refractivity contribution >= 4 is 17.2 Å². The number of hydrogen-bond acceptors (Lipinski definition) is 1. The number of thiocarbonyl (C=S) groups is 1. The van der Waals surface area contributed by atoms with Gasteiger partial charge < -0.3 is 5.32 Å². The van der Waals surface area contributed by atoms with Gasteiger partial charge in [0.1, 0.15) is 0 Å². The van der Waals surface area contributed by atoms with Crippen molar-refractivity contribution in [1.82, 2.24) is 0 Å². The number of hydrogen-bond donors (Lipinski definition) is 0. The van der Waals surface area contributed by atoms with Crippen molar-refractivity contribution in [2.24, 2.45) is 0 Å². The van der Waals surface area contributed by atoms with Gasteiger partial charge in [0.2, 0.25) is 0 Å². The molecule has 0 aromatic heterocycles. The quantitative estimate of drug-likeness (QED) is 0.525. The van der Waals surface area contributed by atoms with E-state index in [9.17, 15) is 0 Å². The van der Waals surface area contributed by atoms with Gasteiger partial charge >= 0.3 is 0 Å². The molecule has 0 amide bonds. The van der Waals surface area contributed by atoms with E-state index in [1.54, 1.807) is 0 Å². The van der Waals surface area contributed by atoms with E-state index in [4.69, 9.17) is 12.2 Å². The standard InChI is InChI=1S/C6H13NS.Y/c1-3-4-5-7-6(2)8;/h3-5H2,1-2H3,(H,7,8);/p-1. The zero-order chi connectivity index (χ0) is 6.41. The summed E-state index contributed by atoms with van der Waals surface area (Å²) in [5, 5.41) is 4.05. The summed E-state index contributed by atoms with van der Waals surface area (Å²) in [7, 11) is 0. The normalized spacial score (nSPS) is 7.78. The van der Waals surface area contributed by atoms with Gasteiger partial charge in [-0.3, -0.25) is 0 Å². The summed E-state index contributed by atoms with van der Waals surface area (Å²) in [5.74, 6) is 0. The first kappa shape index (κ1) is 12.7. The Kier molecular flexibility index (Phi) is 12.6. The van der Waals surface area contributed by atoms with E-state index in [1.807, 2.05) is 6.92 Å². The van der Waals surface area contributed by atoms with Crippen LogP contribution in [0.25, 0.3) is 5.32 Å². The summed E-state index contributed by atoms with van der Waals surface area (Å²) < 4.78 is 0. The van der Waals surface area contributed by atoms with E-state index in [2.05, 4.69) is 12.2 Å². The van der Waals surface area contributed by atoms with E-state index in [0.717, 1.165) is 18.0 Å². The molecule has 0 aromatic carbocycles. The van der Waals surface area contributed by atoms with Crippen LogP contribution in [0.15, 0.2) is 0 Å². The topological polar surface area (TPSA) is 14.1 Å². The van der Waals surface area contributed by atoms with Crippen molar-refractivity contribution in [3.63, 3.8) is 0 Å². The molecule has 0 aliphatic heterocycles. The van der Waals surface area contributed by atoms with E-state index in [0.29, 0.717) is 0 Å². The Bertz CT molecular complexity index is 75.5. The molecule has 3 heteroatoms. The first-order valence-corrected chi connectivity index (χ1v) is 3.36. The zero-order valence-corrected chi connectivity index (χ0v) is 9.71. The van der Waals surface area contributed by atoms with Gasteiger partial charge in [-0.1, -0.05) is 31.7 Å². The molecule has 0 atom stereocenters. The van der Waals surface area contributed by atoms with Crippen LogP contribution in [0.4, 0.5) is 0 Å². The van der Waals surface area contributed by atoms with Crippen LogP contribution in [0.2, 0.25) is 0 Å². The van der Waals surface area contributed by atoms with Gasteiger partial charge in [0.25, 0.3) is 0 Å². The minimum Gasteiger partial charge on any atom is -0.679 e. The van der Waals surface area contributed by atoms with Gasteiger partial charge in [0.15, 0.2) is 0 Å². The zero-order valence-electron chi connectivity index (χ0n) is 6.05. The molecule has 0 heterocycles. The molecule has 0 N–H and O–H groups in total. The fourth-order valence-corrected chi connectivity index (χ4v) is 0.486. The summed E-state index contributed by atoms with van der Waals surface area (Å²) in [6.07, 6.45) is 2.36. The van der Waals surface area contributed by atoms with Gasteiger partial charge in [0.05, 0.1) is 0 Å². The molecule has 0 bridgehead atoms. The van der Waals surface area contributed by atoms with Gasteiger partial charge in [0, 0.05) is 32.7 Å². The van der Waals surface area contributed by atoms with Gasteiger partial charge in [-0.25, -0.2) is 0 Å². The van der Waals surface area contributed by atoms with Crippen LogP contribution in [0, 0.1) is 0 Å². The Morgan fingerprint density at radius 2 is 2.11 bits per heavy atom. The molecule has 0 rings (SSSR count). The molecule has 0 aliphatic carbocycles. The van der Waals surface area contributed by atoms with Gasteiger partial charge in [-0.15, -0.1) is 18.8 Å². The van der Waals surface area contributed by atoms with Crippen molar-refractivity contribution < 1.29 is 32.7 Å². The second kappa shape index (κ2) is 8.99. The Morgan fingerprint density at radius 3 is 2.44 bits per heavy atom. The third-order valence-electron chi connectivity index (χ3n) is 0.846. The molecule has 51 valence electrons. The fraction of sp³-hybridized carbons (Fsp3) is 0.833. The van der Waals surface area contributed by atoms with Crippen LogP contribution in [-0.4, -0.2) is 11.5 Å². The average molecular weight is 219 g/mol. The summed E-state index contributed by atoms with van der Waals surface area (Å²) >= 11 is 4.74. The van der Waals surface area contributed by atoms with Crippen molar-refractivity contribution in [3.8, 4) is 0 Å². The first-order valence-electron chi connectivity index (χ1n) is 2.95. The van der Waals surface area contributed by atoms with Crippen LogP contribution in [0.5, 0.6) is 0 Å². The number of unbranched alkanes of at least 4 members (excludes halogenated alkanes) is 1. The maximum absolute atomic E-state index is 4.74. The van der Waals surface area contributed by atoms with Crippen molar-refractivity contribution in [2.45, 2.75) is 26.7 Å². The predicted octanol–water partition coefficient (Wildman–Crippen LogP) is 2.51. The molecule has 0 spiro atoms. The van der Waals surface area contributed by atoms with Crippen LogP contribution in [0.3, 0.4) is 0 Å². The van der Waals surface area contributed by atoms with E-state index in [1.165, 1.54) is 6.42 Å². The second-order valence-electron chi connectivity index (χ2n) is 1.75. The van der Waals surface area contributed by atoms with Crippen molar-refractivity contribution in [2.75, 3.05) is 6.54 Å². The van der Waals surface area contributed by atoms with Crippen LogP contribution in [0.1, 0.15) is 26.7 Å². The van der Waals surface area contributed by atoms with Crippen LogP contribution >= 0.6 is 12.2 Å². The first-order chi connectivity index (χ1) is 3.77. The molecule has 1 nitrogen and oxygen atoms in total. The maximum Gasteiger partial charge on any atom is 0 e.